The fourth-order valence-electron chi connectivity index (χ4n) is 7.90. The molecule has 1 unspecified atom stereocenters. The van der Waals surface area contributed by atoms with Crippen LogP contribution >= 0.6 is 0 Å². The van der Waals surface area contributed by atoms with Crippen LogP contribution in [0.4, 0.5) is 9.59 Å². The van der Waals surface area contributed by atoms with Gasteiger partial charge in [0.05, 0.1) is 43.2 Å². The van der Waals surface area contributed by atoms with Gasteiger partial charge in [-0.1, -0.05) is 64.5 Å². The van der Waals surface area contributed by atoms with Crippen LogP contribution in [0.5, 0.6) is 0 Å². The lowest BCUT2D eigenvalue weighted by Gasteiger charge is -2.26. The second-order valence-corrected chi connectivity index (χ2v) is 15.3. The molecule has 3 amide bonds. The zero-order valence-electron chi connectivity index (χ0n) is 32.3. The molecule has 4 aromatic rings. The molecule has 13 nitrogen and oxygen atoms in total. The molecule has 2 fully saturated rings. The van der Waals surface area contributed by atoms with E-state index in [1.54, 1.807) is 0 Å². The lowest BCUT2D eigenvalue weighted by atomic mass is 9.84. The molecule has 0 bridgehead atoms. The first kappa shape index (κ1) is 39.1. The van der Waals surface area contributed by atoms with Crippen molar-refractivity contribution < 1.29 is 28.7 Å². The topological polar surface area (TPSA) is 180 Å². The molecule has 5 N–H and O–H groups in total. The number of Topliss-reactive ketones (excluding diaryl/α,β-unsaturated/α-hetero) is 1. The number of ketones is 1. The smallest absolute Gasteiger partial charge is 0.407 e. The number of hydrogen-bond acceptors (Lipinski definition) is 8. The van der Waals surface area contributed by atoms with Gasteiger partial charge in [-0.15, -0.1) is 0 Å². The Bertz CT molecular complexity index is 2070. The van der Waals surface area contributed by atoms with Crippen LogP contribution in [0.15, 0.2) is 48.7 Å². The highest BCUT2D eigenvalue weighted by molar-refractivity contribution is 5.90. The molecular formula is C42H51N7O6. The summed E-state index contributed by atoms with van der Waals surface area (Å²) >= 11 is 0. The second kappa shape index (κ2) is 17.2. The van der Waals surface area contributed by atoms with Crippen molar-refractivity contribution in [3.05, 3.63) is 71.4 Å². The molecule has 0 saturated heterocycles. The predicted molar refractivity (Wildman–Crippen MR) is 208 cm³/mol. The van der Waals surface area contributed by atoms with Crippen LogP contribution in [0, 0.1) is 29.6 Å². The third-order valence-electron chi connectivity index (χ3n) is 10.9. The Hall–Kier alpha value is -5.64. The van der Waals surface area contributed by atoms with Gasteiger partial charge in [0.2, 0.25) is 5.91 Å². The molecular weight excluding hydrogens is 699 g/mol. The summed E-state index contributed by atoms with van der Waals surface area (Å²) < 4.78 is 9.48. The van der Waals surface area contributed by atoms with Crippen LogP contribution in [0.1, 0.15) is 101 Å². The van der Waals surface area contributed by atoms with Gasteiger partial charge in [0.25, 0.3) is 0 Å². The summed E-state index contributed by atoms with van der Waals surface area (Å²) in [7, 11) is 2.58. The number of nitrogens with zero attached hydrogens (tertiary/aromatic N) is 2. The lowest BCUT2D eigenvalue weighted by molar-refractivity contribution is -0.126. The number of nitrogens with one attached hydrogen (secondary N) is 5. The van der Waals surface area contributed by atoms with Crippen LogP contribution < -0.4 is 16.0 Å². The van der Waals surface area contributed by atoms with E-state index in [-0.39, 0.29) is 47.3 Å². The summed E-state index contributed by atoms with van der Waals surface area (Å²) in [6.07, 6.45) is 5.78. The summed E-state index contributed by atoms with van der Waals surface area (Å²) in [5.74, 6) is 7.50. The minimum Gasteiger partial charge on any atom is -0.453 e. The molecule has 2 aromatic heterocycles. The largest absolute Gasteiger partial charge is 0.453 e. The number of rotatable bonds is 11. The molecule has 2 heterocycles. The zero-order valence-corrected chi connectivity index (χ0v) is 32.3. The number of aromatic amines is 2. The number of methoxy groups -OCH3 is 2. The van der Waals surface area contributed by atoms with Gasteiger partial charge in [-0.2, -0.15) is 0 Å². The number of carbonyl (C=O) groups is 4. The molecule has 6 atom stereocenters. The van der Waals surface area contributed by atoms with Crippen molar-refractivity contribution in [3.63, 3.8) is 0 Å². The van der Waals surface area contributed by atoms with Crippen molar-refractivity contribution in [3.8, 4) is 23.1 Å². The third kappa shape index (κ3) is 9.02. The van der Waals surface area contributed by atoms with Gasteiger partial charge in [-0.3, -0.25) is 9.59 Å². The van der Waals surface area contributed by atoms with Crippen LogP contribution in [-0.2, 0) is 19.1 Å². The van der Waals surface area contributed by atoms with Gasteiger partial charge in [-0.25, -0.2) is 19.6 Å². The highest BCUT2D eigenvalue weighted by atomic mass is 16.5. The average molecular weight is 750 g/mol. The van der Waals surface area contributed by atoms with Crippen molar-refractivity contribution in [1.29, 1.82) is 0 Å². The quantitative estimate of drug-likeness (QED) is 0.111. The molecule has 13 heteroatoms. The Morgan fingerprint density at radius 1 is 0.764 bits per heavy atom. The van der Waals surface area contributed by atoms with Gasteiger partial charge in [0.1, 0.15) is 17.7 Å². The Kier molecular flexibility index (Phi) is 12.2. The fraction of sp³-hybridized carbons (Fsp3) is 0.476. The van der Waals surface area contributed by atoms with Crippen molar-refractivity contribution in [2.45, 2.75) is 96.2 Å². The monoisotopic (exact) mass is 749 g/mol. The first-order chi connectivity index (χ1) is 26.4. The third-order valence-corrected chi connectivity index (χ3v) is 10.9. The molecule has 55 heavy (non-hydrogen) atoms. The molecule has 6 rings (SSSR count). The maximum absolute atomic E-state index is 13.6. The highest BCUT2D eigenvalue weighted by Crippen LogP contribution is 2.41. The first-order valence-corrected chi connectivity index (χ1v) is 19.2. The van der Waals surface area contributed by atoms with E-state index in [9.17, 15) is 19.2 Å². The number of imidazole rings is 2. The van der Waals surface area contributed by atoms with Crippen molar-refractivity contribution in [2.24, 2.45) is 17.8 Å². The normalized spacial score (nSPS) is 20.4. The van der Waals surface area contributed by atoms with E-state index in [1.807, 2.05) is 76.4 Å². The van der Waals surface area contributed by atoms with E-state index < -0.39 is 24.3 Å². The van der Waals surface area contributed by atoms with Crippen LogP contribution in [-0.4, -0.2) is 76.2 Å². The predicted octanol–water partition coefficient (Wildman–Crippen LogP) is 6.32. The van der Waals surface area contributed by atoms with Crippen LogP contribution in [0.25, 0.3) is 22.3 Å². The number of alkyl carbamates (subject to hydrolysis) is 2. The van der Waals surface area contributed by atoms with Crippen molar-refractivity contribution in [2.75, 3.05) is 14.2 Å². The van der Waals surface area contributed by atoms with E-state index in [0.29, 0.717) is 0 Å². The van der Waals surface area contributed by atoms with Gasteiger partial charge in [0, 0.05) is 34.9 Å². The standard InChI is InChI=1S/C42H51N7O6/c1-23(2)35(48-41(52)54-5)37(50)28-9-7-10-29(28)39-44-32-20-17-26(21-33(32)45-39)14-13-25-15-18-27(19-16-25)34-22-43-38(46-34)30-11-8-12-31(30)47-40(51)36(24(3)4)49-42(53)55-6/h15-24,28-31,35-36H,7-12H2,1-6H3,(H,43,46)(H,44,45)(H,47,51)(H,48,52)(H,49,53)/t28?,29-,30+,31+,35+,36+/m1/s1. The van der Waals surface area contributed by atoms with E-state index in [2.05, 4.69) is 37.8 Å². The Morgan fingerprint density at radius 2 is 1.40 bits per heavy atom. The Balaban J connectivity index is 1.10. The highest BCUT2D eigenvalue weighted by Gasteiger charge is 2.40. The van der Waals surface area contributed by atoms with E-state index in [0.717, 1.165) is 83.6 Å². The van der Waals surface area contributed by atoms with E-state index >= 15 is 0 Å². The molecule has 0 radical (unpaired) electrons. The molecule has 2 saturated carbocycles. The number of benzene rings is 2. The summed E-state index contributed by atoms with van der Waals surface area (Å²) in [4.78, 5) is 67.0. The van der Waals surface area contributed by atoms with Crippen LogP contribution in [0.2, 0.25) is 0 Å². The number of aromatic nitrogens is 4. The van der Waals surface area contributed by atoms with E-state index in [4.69, 9.17) is 19.4 Å². The molecule has 2 aliphatic rings. The van der Waals surface area contributed by atoms with Gasteiger partial charge < -0.3 is 35.4 Å². The minimum absolute atomic E-state index is 0.0182. The molecule has 290 valence electrons. The fourth-order valence-corrected chi connectivity index (χ4v) is 7.90. The van der Waals surface area contributed by atoms with E-state index in [1.165, 1.54) is 14.2 Å². The molecule has 0 spiro atoms. The first-order valence-electron chi connectivity index (χ1n) is 19.2. The SMILES string of the molecule is COC(=O)N[C@H](C(=O)N[C@H]1CCC[C@@H]1c1ncc(-c2ccc(C#Cc3ccc4nc([C@@H]5CCCC5C(=O)[C@@H](NC(=O)OC)C(C)C)[nH]c4c3)cc2)[nH]1)C(C)C. The average Bonchev–Trinajstić information content (AvgIpc) is 4.01. The number of H-pyrrole nitrogens is 2. The lowest BCUT2D eigenvalue weighted by Crippen LogP contribution is -2.52. The zero-order chi connectivity index (χ0) is 39.2. The summed E-state index contributed by atoms with van der Waals surface area (Å²) in [6.45, 7) is 7.61. The van der Waals surface area contributed by atoms with Crippen LogP contribution in [0.3, 0.4) is 0 Å². The number of amides is 3. The van der Waals surface area contributed by atoms with Gasteiger partial charge in [-0.05, 0) is 73.4 Å². The Labute approximate surface area is 321 Å². The van der Waals surface area contributed by atoms with Gasteiger partial charge in [0.15, 0.2) is 5.78 Å². The minimum atomic E-state index is -0.695. The van der Waals surface area contributed by atoms with Crippen molar-refractivity contribution >= 4 is 34.9 Å². The Morgan fingerprint density at radius 3 is 2.09 bits per heavy atom. The number of carbonyl (C=O) groups excluding carboxylic acids is 4. The summed E-state index contributed by atoms with van der Waals surface area (Å²) in [5, 5.41) is 8.52. The maximum Gasteiger partial charge on any atom is 0.407 e. The summed E-state index contributed by atoms with van der Waals surface area (Å²) in [5.41, 5.74) is 5.23. The summed E-state index contributed by atoms with van der Waals surface area (Å²) in [6, 6.07) is 12.4. The number of hydrogen-bond donors (Lipinski definition) is 5. The maximum atomic E-state index is 13.6. The second-order valence-electron chi connectivity index (χ2n) is 15.3. The number of fused-ring (bicyclic) bond motifs is 1. The molecule has 0 aliphatic heterocycles. The van der Waals surface area contributed by atoms with Crippen molar-refractivity contribution in [1.82, 2.24) is 35.9 Å². The molecule has 2 aliphatic carbocycles. The molecule has 2 aromatic carbocycles. The number of ether oxygens (including phenoxy) is 2. The van der Waals surface area contributed by atoms with Gasteiger partial charge >= 0.3 is 12.2 Å².